The number of hydrogen-bond donors (Lipinski definition) is 2. The Labute approximate surface area is 159 Å². The summed E-state index contributed by atoms with van der Waals surface area (Å²) in [7, 11) is 0. The molecule has 26 heavy (non-hydrogen) atoms. The zero-order valence-electron chi connectivity index (χ0n) is 15.8. The number of carboxylic acid groups (broad SMARTS) is 1. The number of carboxylic acids is 1. The first kappa shape index (κ1) is 22.1. The van der Waals surface area contributed by atoms with Crippen molar-refractivity contribution in [2.75, 3.05) is 6.61 Å². The molecule has 6 nitrogen and oxygen atoms in total. The third-order valence-corrected chi connectivity index (χ3v) is 3.73. The lowest BCUT2D eigenvalue weighted by Crippen LogP contribution is -2.44. The van der Waals surface area contributed by atoms with E-state index in [1.54, 1.807) is 39.0 Å². The molecule has 1 amide bonds. The average Bonchev–Trinajstić information content (AvgIpc) is 2.50. The number of alkyl carbamates (subject to hydrolysis) is 1. The van der Waals surface area contributed by atoms with Gasteiger partial charge in [0.25, 0.3) is 0 Å². The van der Waals surface area contributed by atoms with Gasteiger partial charge in [-0.25, -0.2) is 9.59 Å². The van der Waals surface area contributed by atoms with Crippen LogP contribution < -0.4 is 10.1 Å². The summed E-state index contributed by atoms with van der Waals surface area (Å²) in [5, 5.41) is 12.1. The lowest BCUT2D eigenvalue weighted by molar-refractivity contribution is -0.139. The maximum absolute atomic E-state index is 11.8. The van der Waals surface area contributed by atoms with Gasteiger partial charge in [-0.2, -0.15) is 0 Å². The number of carbonyl (C=O) groups excluding carboxylic acids is 1. The summed E-state index contributed by atoms with van der Waals surface area (Å²) in [6, 6.07) is 4.00. The number of rotatable bonds is 9. The Morgan fingerprint density at radius 3 is 2.50 bits per heavy atom. The van der Waals surface area contributed by atoms with Gasteiger partial charge in [0, 0.05) is 6.42 Å². The van der Waals surface area contributed by atoms with E-state index in [4.69, 9.17) is 21.1 Å². The molecule has 0 aromatic heterocycles. The van der Waals surface area contributed by atoms with Crippen LogP contribution in [0.1, 0.15) is 52.5 Å². The van der Waals surface area contributed by atoms with Gasteiger partial charge in [0.2, 0.25) is 0 Å². The van der Waals surface area contributed by atoms with Crippen molar-refractivity contribution < 1.29 is 24.2 Å². The molecule has 2 N–H and O–H groups in total. The highest BCUT2D eigenvalue weighted by molar-refractivity contribution is 6.32. The highest BCUT2D eigenvalue weighted by atomic mass is 35.5. The maximum atomic E-state index is 11.8. The van der Waals surface area contributed by atoms with Gasteiger partial charge in [0.15, 0.2) is 0 Å². The van der Waals surface area contributed by atoms with E-state index in [0.717, 1.165) is 19.3 Å². The van der Waals surface area contributed by atoms with Crippen LogP contribution in [0.3, 0.4) is 0 Å². The lowest BCUT2D eigenvalue weighted by Gasteiger charge is -2.22. The standard InChI is InChI=1S/C19H28ClNO5/c1-5-6-7-10-25-16-9-8-13(11-14(16)20)12-15(17(22)23)21-18(24)26-19(2,3)4/h8-9,11,15H,5-7,10,12H2,1-4H3,(H,21,24)(H,22,23). The van der Waals surface area contributed by atoms with E-state index in [-0.39, 0.29) is 6.42 Å². The molecule has 0 fully saturated rings. The highest BCUT2D eigenvalue weighted by Gasteiger charge is 2.24. The summed E-state index contributed by atoms with van der Waals surface area (Å²) in [4.78, 5) is 23.2. The van der Waals surface area contributed by atoms with Crippen LogP contribution in [0.15, 0.2) is 18.2 Å². The summed E-state index contributed by atoms with van der Waals surface area (Å²) < 4.78 is 10.7. The van der Waals surface area contributed by atoms with Crippen molar-refractivity contribution in [3.8, 4) is 5.75 Å². The molecule has 0 radical (unpaired) electrons. The van der Waals surface area contributed by atoms with E-state index >= 15 is 0 Å². The Kier molecular flexibility index (Phi) is 8.72. The Bertz CT molecular complexity index is 612. The first-order valence-corrected chi connectivity index (χ1v) is 9.13. The molecule has 7 heteroatoms. The quantitative estimate of drug-likeness (QED) is 0.614. The molecule has 1 unspecified atom stereocenters. The van der Waals surface area contributed by atoms with Gasteiger partial charge in [0.1, 0.15) is 17.4 Å². The van der Waals surface area contributed by atoms with Crippen molar-refractivity contribution >= 4 is 23.7 Å². The van der Waals surface area contributed by atoms with Crippen LogP contribution in [0.2, 0.25) is 5.02 Å². The number of halogens is 1. The van der Waals surface area contributed by atoms with Crippen LogP contribution in [0.4, 0.5) is 4.79 Å². The van der Waals surface area contributed by atoms with E-state index in [0.29, 0.717) is 22.9 Å². The van der Waals surface area contributed by atoms with Gasteiger partial charge >= 0.3 is 12.1 Å². The molecule has 1 aromatic carbocycles. The van der Waals surface area contributed by atoms with Crippen LogP contribution in [0.25, 0.3) is 0 Å². The van der Waals surface area contributed by atoms with Crippen molar-refractivity contribution in [3.05, 3.63) is 28.8 Å². The zero-order chi connectivity index (χ0) is 19.7. The Hall–Kier alpha value is -1.95. The lowest BCUT2D eigenvalue weighted by atomic mass is 10.1. The van der Waals surface area contributed by atoms with Crippen LogP contribution in [0.5, 0.6) is 5.75 Å². The third-order valence-electron chi connectivity index (χ3n) is 3.43. The summed E-state index contributed by atoms with van der Waals surface area (Å²) in [5.41, 5.74) is -0.0212. The number of ether oxygens (including phenoxy) is 2. The molecule has 1 atom stereocenters. The van der Waals surface area contributed by atoms with E-state index in [2.05, 4.69) is 12.2 Å². The van der Waals surface area contributed by atoms with Gasteiger partial charge in [0.05, 0.1) is 11.6 Å². The Morgan fingerprint density at radius 1 is 1.27 bits per heavy atom. The SMILES string of the molecule is CCCCCOc1ccc(CC(NC(=O)OC(C)(C)C)C(=O)O)cc1Cl. The number of hydrogen-bond acceptors (Lipinski definition) is 4. The Balaban J connectivity index is 2.69. The number of aliphatic carboxylic acids is 1. The summed E-state index contributed by atoms with van der Waals surface area (Å²) in [6.45, 7) is 7.83. The van der Waals surface area contributed by atoms with Crippen LogP contribution >= 0.6 is 11.6 Å². The molecule has 0 saturated carbocycles. The van der Waals surface area contributed by atoms with Crippen LogP contribution in [-0.4, -0.2) is 35.4 Å². The minimum Gasteiger partial charge on any atom is -0.492 e. The molecule has 0 saturated heterocycles. The van der Waals surface area contributed by atoms with Crippen molar-refractivity contribution in [1.29, 1.82) is 0 Å². The summed E-state index contributed by atoms with van der Waals surface area (Å²) in [5.74, 6) is -0.578. The topological polar surface area (TPSA) is 84.9 Å². The zero-order valence-corrected chi connectivity index (χ0v) is 16.6. The molecule has 146 valence electrons. The molecule has 0 aliphatic carbocycles. The number of carbonyl (C=O) groups is 2. The van der Waals surface area contributed by atoms with Crippen molar-refractivity contribution in [2.24, 2.45) is 0 Å². The van der Waals surface area contributed by atoms with E-state index in [1.165, 1.54) is 0 Å². The van der Waals surface area contributed by atoms with Gasteiger partial charge in [-0.15, -0.1) is 0 Å². The largest absolute Gasteiger partial charge is 0.492 e. The molecule has 0 aliphatic heterocycles. The Morgan fingerprint density at radius 2 is 1.96 bits per heavy atom. The molecular weight excluding hydrogens is 358 g/mol. The molecule has 0 bridgehead atoms. The van der Waals surface area contributed by atoms with Gasteiger partial charge < -0.3 is 19.9 Å². The fraction of sp³-hybridized carbons (Fsp3) is 0.579. The molecule has 0 heterocycles. The van der Waals surface area contributed by atoms with E-state index < -0.39 is 23.7 Å². The molecular formula is C19H28ClNO5. The molecule has 0 aliphatic rings. The van der Waals surface area contributed by atoms with Crippen LogP contribution in [0, 0.1) is 0 Å². The van der Waals surface area contributed by atoms with Crippen molar-refractivity contribution in [3.63, 3.8) is 0 Å². The first-order valence-electron chi connectivity index (χ1n) is 8.76. The number of unbranched alkanes of at least 4 members (excludes halogenated alkanes) is 2. The maximum Gasteiger partial charge on any atom is 0.408 e. The summed E-state index contributed by atoms with van der Waals surface area (Å²) >= 11 is 6.21. The minimum atomic E-state index is -1.15. The second-order valence-electron chi connectivity index (χ2n) is 7.06. The van der Waals surface area contributed by atoms with Crippen molar-refractivity contribution in [1.82, 2.24) is 5.32 Å². The second-order valence-corrected chi connectivity index (χ2v) is 7.47. The molecule has 1 rings (SSSR count). The number of benzene rings is 1. The average molecular weight is 386 g/mol. The van der Waals surface area contributed by atoms with E-state index in [1.807, 2.05) is 0 Å². The predicted molar refractivity (Wildman–Crippen MR) is 101 cm³/mol. The predicted octanol–water partition coefficient (Wildman–Crippen LogP) is 4.43. The fourth-order valence-corrected chi connectivity index (χ4v) is 2.47. The van der Waals surface area contributed by atoms with Crippen molar-refractivity contribution in [2.45, 2.75) is 65.0 Å². The number of nitrogens with one attached hydrogen (secondary N) is 1. The normalized spacial score (nSPS) is 12.3. The van der Waals surface area contributed by atoms with Gasteiger partial charge in [-0.3, -0.25) is 0 Å². The summed E-state index contributed by atoms with van der Waals surface area (Å²) in [6.07, 6.45) is 2.47. The van der Waals surface area contributed by atoms with Gasteiger partial charge in [-0.1, -0.05) is 37.4 Å². The smallest absolute Gasteiger partial charge is 0.408 e. The van der Waals surface area contributed by atoms with E-state index in [9.17, 15) is 14.7 Å². The number of amides is 1. The molecule has 0 spiro atoms. The molecule has 1 aromatic rings. The monoisotopic (exact) mass is 385 g/mol. The first-order chi connectivity index (χ1) is 12.1. The van der Waals surface area contributed by atoms with Crippen LogP contribution in [-0.2, 0) is 16.0 Å². The second kappa shape index (κ2) is 10.3. The van der Waals surface area contributed by atoms with Gasteiger partial charge in [-0.05, 0) is 44.9 Å². The third kappa shape index (κ3) is 8.43. The fourth-order valence-electron chi connectivity index (χ4n) is 2.21. The highest BCUT2D eigenvalue weighted by Crippen LogP contribution is 2.26. The minimum absolute atomic E-state index is 0.0877.